The van der Waals surface area contributed by atoms with Crippen LogP contribution in [0.1, 0.15) is 26.5 Å². The van der Waals surface area contributed by atoms with Gasteiger partial charge in [-0.3, -0.25) is 9.89 Å². The van der Waals surface area contributed by atoms with E-state index in [9.17, 15) is 18.0 Å². The maximum absolute atomic E-state index is 13.2. The molecule has 0 saturated carbocycles. The molecule has 0 aliphatic carbocycles. The number of rotatable bonds is 1. The molecule has 1 heterocycles. The molecule has 0 atom stereocenters. The molecule has 19 heavy (non-hydrogen) atoms. The second-order valence-electron chi connectivity index (χ2n) is 5.32. The van der Waals surface area contributed by atoms with Gasteiger partial charge in [0.2, 0.25) is 0 Å². The smallest absolute Gasteiger partial charge is 0.271 e. The first-order valence-corrected chi connectivity index (χ1v) is 5.67. The zero-order valence-corrected chi connectivity index (χ0v) is 10.7. The molecule has 1 N–H and O–H groups in total. The van der Waals surface area contributed by atoms with E-state index in [0.29, 0.717) is 5.69 Å². The van der Waals surface area contributed by atoms with Gasteiger partial charge in [-0.25, -0.2) is 17.9 Å². The van der Waals surface area contributed by atoms with Crippen LogP contribution in [-0.4, -0.2) is 9.78 Å². The summed E-state index contributed by atoms with van der Waals surface area (Å²) >= 11 is 0. The molecule has 1 aromatic heterocycles. The lowest BCUT2D eigenvalue weighted by atomic mass is 9.93. The van der Waals surface area contributed by atoms with E-state index in [1.165, 1.54) is 6.07 Å². The Hall–Kier alpha value is -1.98. The number of hydrogen-bond donors (Lipinski definition) is 1. The lowest BCUT2D eigenvalue weighted by molar-refractivity contribution is 0.445. The molecule has 0 fully saturated rings. The quantitative estimate of drug-likeness (QED) is 0.795. The summed E-state index contributed by atoms with van der Waals surface area (Å²) < 4.78 is 40.2. The molecule has 0 radical (unpaired) electrons. The number of halogens is 3. The molecule has 102 valence electrons. The molecule has 1 aromatic carbocycles. The predicted octanol–water partition coefficient (Wildman–Crippen LogP) is 2.88. The van der Waals surface area contributed by atoms with Crippen molar-refractivity contribution in [3.05, 3.63) is 51.7 Å². The SMILES string of the molecule is CC(C)(C)c1cc(=O)n(-c2cc(F)c(F)c(F)c2)[nH]1. The van der Waals surface area contributed by atoms with Crippen LogP contribution in [0.3, 0.4) is 0 Å². The zero-order chi connectivity index (χ0) is 14.4. The largest absolute Gasteiger partial charge is 0.294 e. The zero-order valence-electron chi connectivity index (χ0n) is 10.7. The van der Waals surface area contributed by atoms with Gasteiger partial charge in [0, 0.05) is 29.3 Å². The summed E-state index contributed by atoms with van der Waals surface area (Å²) in [5.74, 6) is -4.23. The van der Waals surface area contributed by atoms with Gasteiger partial charge in [0.15, 0.2) is 17.5 Å². The number of hydrogen-bond acceptors (Lipinski definition) is 1. The van der Waals surface area contributed by atoms with Crippen LogP contribution in [0.2, 0.25) is 0 Å². The van der Waals surface area contributed by atoms with Gasteiger partial charge in [0.05, 0.1) is 5.69 Å². The number of H-pyrrole nitrogens is 1. The molecule has 0 bridgehead atoms. The van der Waals surface area contributed by atoms with Crippen LogP contribution in [0.5, 0.6) is 0 Å². The van der Waals surface area contributed by atoms with Crippen molar-refractivity contribution in [2.45, 2.75) is 26.2 Å². The summed E-state index contributed by atoms with van der Waals surface area (Å²) in [6.07, 6.45) is 0. The van der Waals surface area contributed by atoms with E-state index >= 15 is 0 Å². The Balaban J connectivity index is 2.60. The number of benzene rings is 1. The molecule has 0 unspecified atom stereocenters. The Morgan fingerprint density at radius 1 is 1.05 bits per heavy atom. The Morgan fingerprint density at radius 2 is 1.58 bits per heavy atom. The molecule has 0 saturated heterocycles. The first-order valence-electron chi connectivity index (χ1n) is 5.67. The Bertz CT molecular complexity index is 657. The van der Waals surface area contributed by atoms with Crippen LogP contribution in [0.4, 0.5) is 13.2 Å². The molecule has 2 rings (SSSR count). The van der Waals surface area contributed by atoms with Gasteiger partial charge in [-0.2, -0.15) is 0 Å². The minimum absolute atomic E-state index is 0.0862. The highest BCUT2D eigenvalue weighted by Gasteiger charge is 2.19. The van der Waals surface area contributed by atoms with Gasteiger partial charge in [-0.05, 0) is 0 Å². The third kappa shape index (κ3) is 2.43. The van der Waals surface area contributed by atoms with Crippen LogP contribution >= 0.6 is 0 Å². The van der Waals surface area contributed by atoms with Crippen molar-refractivity contribution in [1.82, 2.24) is 9.78 Å². The summed E-state index contributed by atoms with van der Waals surface area (Å²) in [5.41, 5.74) is -0.253. The van der Waals surface area contributed by atoms with Crippen molar-refractivity contribution in [2.24, 2.45) is 0 Å². The molecular formula is C13H13F3N2O. The first-order chi connectivity index (χ1) is 8.70. The summed E-state index contributed by atoms with van der Waals surface area (Å²) in [6, 6.07) is 2.88. The van der Waals surface area contributed by atoms with Gasteiger partial charge in [-0.1, -0.05) is 20.8 Å². The van der Waals surface area contributed by atoms with Crippen LogP contribution in [-0.2, 0) is 5.41 Å². The van der Waals surface area contributed by atoms with Crippen molar-refractivity contribution >= 4 is 0 Å². The second-order valence-corrected chi connectivity index (χ2v) is 5.32. The van der Waals surface area contributed by atoms with Crippen molar-refractivity contribution in [1.29, 1.82) is 0 Å². The number of nitrogens with zero attached hydrogens (tertiary/aromatic N) is 1. The summed E-state index contributed by atoms with van der Waals surface area (Å²) in [4.78, 5) is 11.8. The number of nitrogens with one attached hydrogen (secondary N) is 1. The molecule has 0 aliphatic rings. The molecule has 0 amide bonds. The maximum atomic E-state index is 13.2. The summed E-state index contributed by atoms with van der Waals surface area (Å²) in [5, 5.41) is 2.76. The third-order valence-electron chi connectivity index (χ3n) is 2.76. The minimum atomic E-state index is -1.56. The van der Waals surface area contributed by atoms with Gasteiger partial charge in [0.1, 0.15) is 0 Å². The van der Waals surface area contributed by atoms with Crippen molar-refractivity contribution < 1.29 is 13.2 Å². The summed E-state index contributed by atoms with van der Waals surface area (Å²) in [6.45, 7) is 5.65. The van der Waals surface area contributed by atoms with Gasteiger partial charge in [0.25, 0.3) is 5.56 Å². The topological polar surface area (TPSA) is 37.8 Å². The molecule has 6 heteroatoms. The third-order valence-corrected chi connectivity index (χ3v) is 2.76. The van der Waals surface area contributed by atoms with Crippen molar-refractivity contribution in [3.8, 4) is 5.69 Å². The van der Waals surface area contributed by atoms with Crippen molar-refractivity contribution in [2.75, 3.05) is 0 Å². The van der Waals surface area contributed by atoms with Gasteiger partial charge >= 0.3 is 0 Å². The van der Waals surface area contributed by atoms with Gasteiger partial charge in [-0.15, -0.1) is 0 Å². The highest BCUT2D eigenvalue weighted by Crippen LogP contribution is 2.20. The minimum Gasteiger partial charge on any atom is -0.294 e. The average Bonchev–Trinajstić information content (AvgIpc) is 2.67. The normalized spacial score (nSPS) is 11.9. The van der Waals surface area contributed by atoms with Crippen LogP contribution in [0.15, 0.2) is 23.0 Å². The predicted molar refractivity (Wildman–Crippen MR) is 65.0 cm³/mol. The average molecular weight is 270 g/mol. The van der Waals surface area contributed by atoms with E-state index in [2.05, 4.69) is 5.10 Å². The monoisotopic (exact) mass is 270 g/mol. The van der Waals surface area contributed by atoms with E-state index in [-0.39, 0.29) is 11.1 Å². The molecule has 0 spiro atoms. The molecule has 0 aliphatic heterocycles. The number of aromatic nitrogens is 2. The second kappa shape index (κ2) is 4.29. The maximum Gasteiger partial charge on any atom is 0.271 e. The Kier molecular flexibility index (Phi) is 3.04. The summed E-state index contributed by atoms with van der Waals surface area (Å²) in [7, 11) is 0. The Labute approximate surface area is 107 Å². The van der Waals surface area contributed by atoms with Crippen LogP contribution in [0.25, 0.3) is 5.69 Å². The fraction of sp³-hybridized carbons (Fsp3) is 0.308. The molecular weight excluding hydrogens is 257 g/mol. The van der Waals surface area contributed by atoms with E-state index in [4.69, 9.17) is 0 Å². The van der Waals surface area contributed by atoms with Crippen LogP contribution in [0, 0.1) is 17.5 Å². The molecule has 2 aromatic rings. The van der Waals surface area contributed by atoms with E-state index in [1.54, 1.807) is 0 Å². The van der Waals surface area contributed by atoms with E-state index < -0.39 is 23.0 Å². The van der Waals surface area contributed by atoms with E-state index in [1.807, 2.05) is 20.8 Å². The first kappa shape index (κ1) is 13.5. The lowest BCUT2D eigenvalue weighted by Crippen LogP contribution is -2.15. The highest BCUT2D eigenvalue weighted by atomic mass is 19.2. The highest BCUT2D eigenvalue weighted by molar-refractivity contribution is 5.33. The van der Waals surface area contributed by atoms with Gasteiger partial charge < -0.3 is 0 Å². The Morgan fingerprint density at radius 3 is 2.00 bits per heavy atom. The fourth-order valence-corrected chi connectivity index (χ4v) is 1.64. The van der Waals surface area contributed by atoms with Crippen molar-refractivity contribution in [3.63, 3.8) is 0 Å². The standard InChI is InChI=1S/C13H13F3N2O/c1-13(2,3)10-6-11(19)18(17-10)7-4-8(14)12(16)9(15)5-7/h4-6,17H,1-3H3. The van der Waals surface area contributed by atoms with E-state index in [0.717, 1.165) is 16.8 Å². The molecule has 3 nitrogen and oxygen atoms in total. The number of aromatic amines is 1. The lowest BCUT2D eigenvalue weighted by Gasteiger charge is -2.15. The van der Waals surface area contributed by atoms with Crippen LogP contribution < -0.4 is 5.56 Å². The fourth-order valence-electron chi connectivity index (χ4n) is 1.64.